The zero-order valence-electron chi connectivity index (χ0n) is 8.73. The molecule has 0 unspecified atom stereocenters. The van der Waals surface area contributed by atoms with E-state index in [9.17, 15) is 4.79 Å². The zero-order chi connectivity index (χ0) is 11.1. The third kappa shape index (κ3) is 3.56. The number of carbonyl (C=O) groups is 1. The number of amides is 1. The van der Waals surface area contributed by atoms with Crippen molar-refractivity contribution in [1.29, 1.82) is 0 Å². The lowest BCUT2D eigenvalue weighted by atomic mass is 10.2. The number of nitrogens with zero attached hydrogens (tertiary/aromatic N) is 1. The van der Waals surface area contributed by atoms with Crippen molar-refractivity contribution < 1.29 is 4.79 Å². The Kier molecular flexibility index (Phi) is 4.57. The zero-order valence-corrected chi connectivity index (χ0v) is 8.73. The summed E-state index contributed by atoms with van der Waals surface area (Å²) in [5.74, 6) is -0.0567. The van der Waals surface area contributed by atoms with E-state index in [0.717, 1.165) is 5.56 Å². The van der Waals surface area contributed by atoms with Crippen LogP contribution < -0.4 is 5.73 Å². The van der Waals surface area contributed by atoms with Crippen molar-refractivity contribution in [2.45, 2.75) is 6.54 Å². The maximum atomic E-state index is 11.5. The average Bonchev–Trinajstić information content (AvgIpc) is 2.29. The van der Waals surface area contributed by atoms with E-state index in [1.54, 1.807) is 11.0 Å². The number of hydrogen-bond acceptors (Lipinski definition) is 2. The molecule has 0 radical (unpaired) electrons. The Morgan fingerprint density at radius 2 is 2.07 bits per heavy atom. The van der Waals surface area contributed by atoms with Crippen molar-refractivity contribution in [1.82, 2.24) is 4.90 Å². The van der Waals surface area contributed by atoms with Crippen LogP contribution in [0.2, 0.25) is 0 Å². The van der Waals surface area contributed by atoms with E-state index in [1.165, 1.54) is 0 Å². The Morgan fingerprint density at radius 3 is 2.60 bits per heavy atom. The first-order valence-corrected chi connectivity index (χ1v) is 4.90. The first kappa shape index (κ1) is 11.5. The second-order valence-electron chi connectivity index (χ2n) is 3.25. The highest BCUT2D eigenvalue weighted by atomic mass is 16.2. The Balaban J connectivity index is 2.66. The number of rotatable bonds is 5. The standard InChI is InChI=1S/C12H16N2O/c1-2-8-14(12(15)9-13)10-11-6-4-3-5-7-11/h2-7H,1,8-10,13H2. The van der Waals surface area contributed by atoms with Crippen LogP contribution >= 0.6 is 0 Å². The van der Waals surface area contributed by atoms with Crippen LogP contribution in [-0.2, 0) is 11.3 Å². The van der Waals surface area contributed by atoms with Gasteiger partial charge in [-0.05, 0) is 5.56 Å². The Labute approximate surface area is 90.2 Å². The van der Waals surface area contributed by atoms with Crippen molar-refractivity contribution >= 4 is 5.91 Å². The maximum Gasteiger partial charge on any atom is 0.236 e. The van der Waals surface area contributed by atoms with Crippen LogP contribution in [0.25, 0.3) is 0 Å². The van der Waals surface area contributed by atoms with Gasteiger partial charge in [-0.25, -0.2) is 0 Å². The average molecular weight is 204 g/mol. The SMILES string of the molecule is C=CCN(Cc1ccccc1)C(=O)CN. The van der Waals surface area contributed by atoms with Gasteiger partial charge in [-0.2, -0.15) is 0 Å². The van der Waals surface area contributed by atoms with Gasteiger partial charge in [0.15, 0.2) is 0 Å². The molecule has 80 valence electrons. The summed E-state index contributed by atoms with van der Waals surface area (Å²) in [7, 11) is 0. The summed E-state index contributed by atoms with van der Waals surface area (Å²) in [5.41, 5.74) is 6.43. The van der Waals surface area contributed by atoms with Gasteiger partial charge in [-0.15, -0.1) is 6.58 Å². The minimum absolute atomic E-state index is 0.0423. The van der Waals surface area contributed by atoms with Crippen molar-refractivity contribution in [3.8, 4) is 0 Å². The molecule has 0 aromatic heterocycles. The van der Waals surface area contributed by atoms with Crippen LogP contribution in [-0.4, -0.2) is 23.9 Å². The van der Waals surface area contributed by atoms with Gasteiger partial charge in [-0.1, -0.05) is 36.4 Å². The van der Waals surface area contributed by atoms with Gasteiger partial charge in [0.25, 0.3) is 0 Å². The van der Waals surface area contributed by atoms with E-state index < -0.39 is 0 Å². The minimum atomic E-state index is -0.0567. The molecule has 3 heteroatoms. The highest BCUT2D eigenvalue weighted by Crippen LogP contribution is 2.04. The van der Waals surface area contributed by atoms with Crippen LogP contribution in [0.1, 0.15) is 5.56 Å². The number of carbonyl (C=O) groups excluding carboxylic acids is 1. The topological polar surface area (TPSA) is 46.3 Å². The van der Waals surface area contributed by atoms with Crippen molar-refractivity contribution in [2.75, 3.05) is 13.1 Å². The molecule has 15 heavy (non-hydrogen) atoms. The summed E-state index contributed by atoms with van der Waals surface area (Å²) in [4.78, 5) is 13.1. The van der Waals surface area contributed by atoms with Crippen LogP contribution in [0.5, 0.6) is 0 Å². The van der Waals surface area contributed by atoms with Gasteiger partial charge in [0, 0.05) is 13.1 Å². The second kappa shape index (κ2) is 5.98. The lowest BCUT2D eigenvalue weighted by Gasteiger charge is -2.20. The fraction of sp³-hybridized carbons (Fsp3) is 0.250. The van der Waals surface area contributed by atoms with Gasteiger partial charge in [-0.3, -0.25) is 4.79 Å². The van der Waals surface area contributed by atoms with Crippen molar-refractivity contribution in [3.05, 3.63) is 48.6 Å². The summed E-state index contributed by atoms with van der Waals surface area (Å²) in [6, 6.07) is 9.83. The van der Waals surface area contributed by atoms with Gasteiger partial charge >= 0.3 is 0 Å². The van der Waals surface area contributed by atoms with Crippen LogP contribution in [0.4, 0.5) is 0 Å². The lowest BCUT2D eigenvalue weighted by Crippen LogP contribution is -2.35. The molecule has 0 heterocycles. The predicted octanol–water partition coefficient (Wildman–Crippen LogP) is 1.16. The predicted molar refractivity (Wildman–Crippen MR) is 61.1 cm³/mol. The van der Waals surface area contributed by atoms with E-state index in [4.69, 9.17) is 5.73 Å². The molecule has 0 fully saturated rings. The molecule has 0 saturated heterocycles. The first-order chi connectivity index (χ1) is 7.27. The van der Waals surface area contributed by atoms with E-state index in [0.29, 0.717) is 13.1 Å². The summed E-state index contributed by atoms with van der Waals surface area (Å²) in [6.07, 6.45) is 1.70. The second-order valence-corrected chi connectivity index (χ2v) is 3.25. The van der Waals surface area contributed by atoms with Crippen LogP contribution in [0.3, 0.4) is 0 Å². The molecule has 0 aliphatic heterocycles. The molecule has 0 atom stereocenters. The largest absolute Gasteiger partial charge is 0.334 e. The third-order valence-electron chi connectivity index (χ3n) is 2.09. The Morgan fingerprint density at radius 1 is 1.40 bits per heavy atom. The van der Waals surface area contributed by atoms with Gasteiger partial charge in [0.05, 0.1) is 6.54 Å². The van der Waals surface area contributed by atoms with Crippen molar-refractivity contribution in [3.63, 3.8) is 0 Å². The molecular weight excluding hydrogens is 188 g/mol. The van der Waals surface area contributed by atoms with E-state index >= 15 is 0 Å². The van der Waals surface area contributed by atoms with Gasteiger partial charge < -0.3 is 10.6 Å². The molecule has 1 aromatic carbocycles. The highest BCUT2D eigenvalue weighted by molar-refractivity contribution is 5.78. The summed E-state index contributed by atoms with van der Waals surface area (Å²) < 4.78 is 0. The molecule has 2 N–H and O–H groups in total. The molecule has 1 amide bonds. The van der Waals surface area contributed by atoms with Crippen LogP contribution in [0.15, 0.2) is 43.0 Å². The van der Waals surface area contributed by atoms with E-state index in [1.807, 2.05) is 30.3 Å². The Hall–Kier alpha value is -1.61. The van der Waals surface area contributed by atoms with Crippen molar-refractivity contribution in [2.24, 2.45) is 5.73 Å². The van der Waals surface area contributed by atoms with E-state index in [-0.39, 0.29) is 12.5 Å². The fourth-order valence-corrected chi connectivity index (χ4v) is 1.34. The fourth-order valence-electron chi connectivity index (χ4n) is 1.34. The smallest absolute Gasteiger partial charge is 0.236 e. The summed E-state index contributed by atoms with van der Waals surface area (Å²) in [6.45, 7) is 4.79. The van der Waals surface area contributed by atoms with E-state index in [2.05, 4.69) is 6.58 Å². The molecule has 0 aliphatic carbocycles. The monoisotopic (exact) mass is 204 g/mol. The molecular formula is C12H16N2O. The molecule has 3 nitrogen and oxygen atoms in total. The number of hydrogen-bond donors (Lipinski definition) is 1. The molecule has 0 aliphatic rings. The molecule has 0 bridgehead atoms. The van der Waals surface area contributed by atoms with Crippen LogP contribution in [0, 0.1) is 0 Å². The number of benzene rings is 1. The van der Waals surface area contributed by atoms with Gasteiger partial charge in [0.2, 0.25) is 5.91 Å². The Bertz CT molecular complexity index is 322. The maximum absolute atomic E-state index is 11.5. The molecule has 0 spiro atoms. The minimum Gasteiger partial charge on any atom is -0.334 e. The molecule has 0 saturated carbocycles. The summed E-state index contributed by atoms with van der Waals surface area (Å²) >= 11 is 0. The third-order valence-corrected chi connectivity index (χ3v) is 2.09. The first-order valence-electron chi connectivity index (χ1n) is 4.90. The highest BCUT2D eigenvalue weighted by Gasteiger charge is 2.09. The normalized spacial score (nSPS) is 9.67. The lowest BCUT2D eigenvalue weighted by molar-refractivity contribution is -0.129. The quantitative estimate of drug-likeness (QED) is 0.731. The molecule has 1 aromatic rings. The summed E-state index contributed by atoms with van der Waals surface area (Å²) in [5, 5.41) is 0. The number of nitrogens with two attached hydrogens (primary N) is 1. The van der Waals surface area contributed by atoms with Gasteiger partial charge in [0.1, 0.15) is 0 Å². The molecule has 1 rings (SSSR count).